The van der Waals surface area contributed by atoms with E-state index in [-0.39, 0.29) is 0 Å². The van der Waals surface area contributed by atoms with E-state index < -0.39 is 0 Å². The lowest BCUT2D eigenvalue weighted by atomic mass is 10.0. The van der Waals surface area contributed by atoms with Gasteiger partial charge in [-0.2, -0.15) is 0 Å². The molecule has 0 amide bonds. The third-order valence-electron chi connectivity index (χ3n) is 7.96. The normalized spacial score (nSPS) is 18.4. The second-order valence-electron chi connectivity index (χ2n) is 10.2. The Balaban J connectivity index is 1.16. The maximum Gasteiger partial charge on any atom is 0.227 e. The minimum absolute atomic E-state index is 0.626. The fraction of sp³-hybridized carbons (Fsp3) is 0.300. The van der Waals surface area contributed by atoms with Crippen LogP contribution in [0.25, 0.3) is 33.1 Å². The van der Waals surface area contributed by atoms with Crippen molar-refractivity contribution < 1.29 is 0 Å². The van der Waals surface area contributed by atoms with Gasteiger partial charge in [-0.1, -0.05) is 30.3 Å². The number of hydrogen-bond acceptors (Lipinski definition) is 5. The summed E-state index contributed by atoms with van der Waals surface area (Å²) >= 11 is 0. The number of aromatic nitrogens is 4. The molecule has 2 N–H and O–H groups in total. The van der Waals surface area contributed by atoms with Crippen LogP contribution in [0.15, 0.2) is 67.1 Å². The Bertz CT molecular complexity index is 1550. The van der Waals surface area contributed by atoms with Crippen molar-refractivity contribution in [1.82, 2.24) is 24.8 Å². The molecule has 6 heteroatoms. The minimum Gasteiger partial charge on any atom is -0.345 e. The number of aromatic amines is 1. The van der Waals surface area contributed by atoms with Crippen LogP contribution in [0.1, 0.15) is 36.8 Å². The highest BCUT2D eigenvalue weighted by atomic mass is 15.2. The summed E-state index contributed by atoms with van der Waals surface area (Å²) in [5.74, 6) is 0.626. The molecule has 5 aromatic rings. The van der Waals surface area contributed by atoms with Gasteiger partial charge in [-0.3, -0.25) is 0 Å². The van der Waals surface area contributed by atoms with E-state index in [0.717, 1.165) is 51.2 Å². The number of nitrogens with zero attached hydrogens (tertiary/aromatic N) is 4. The third-order valence-corrected chi connectivity index (χ3v) is 7.96. The number of anilines is 2. The fourth-order valence-corrected chi connectivity index (χ4v) is 6.02. The van der Waals surface area contributed by atoms with Gasteiger partial charge >= 0.3 is 0 Å². The molecule has 1 aliphatic heterocycles. The van der Waals surface area contributed by atoms with Crippen molar-refractivity contribution >= 4 is 33.6 Å². The maximum absolute atomic E-state index is 4.95. The molecule has 2 aliphatic rings. The number of H-pyrrole nitrogens is 1. The van der Waals surface area contributed by atoms with Crippen LogP contribution in [0, 0.1) is 0 Å². The fourth-order valence-electron chi connectivity index (χ4n) is 6.02. The topological polar surface area (TPSA) is 69.7 Å². The van der Waals surface area contributed by atoms with Gasteiger partial charge in [0.2, 0.25) is 5.95 Å². The number of fused-ring (bicyclic) bond motifs is 3. The number of likely N-dealkylation sites (tertiary alicyclic amines) is 1. The quantitative estimate of drug-likeness (QED) is 0.301. The Morgan fingerprint density at radius 3 is 2.69 bits per heavy atom. The minimum atomic E-state index is 0.626. The number of hydrogen-bond donors (Lipinski definition) is 2. The van der Waals surface area contributed by atoms with Gasteiger partial charge in [0.25, 0.3) is 0 Å². The molecule has 1 saturated heterocycles. The van der Waals surface area contributed by atoms with Crippen molar-refractivity contribution in [3.05, 3.63) is 78.2 Å². The number of benzene rings is 3. The first kappa shape index (κ1) is 21.5. The van der Waals surface area contributed by atoms with Crippen molar-refractivity contribution in [2.24, 2.45) is 0 Å². The summed E-state index contributed by atoms with van der Waals surface area (Å²) in [4.78, 5) is 19.9. The Kier molecular flexibility index (Phi) is 5.39. The van der Waals surface area contributed by atoms with E-state index in [1.165, 1.54) is 56.3 Å². The zero-order chi connectivity index (χ0) is 23.9. The molecule has 0 saturated carbocycles. The van der Waals surface area contributed by atoms with E-state index in [0.29, 0.717) is 5.95 Å². The molecule has 1 fully saturated rings. The molecule has 36 heavy (non-hydrogen) atoms. The second-order valence-corrected chi connectivity index (χ2v) is 10.2. The highest BCUT2D eigenvalue weighted by Gasteiger charge is 2.24. The van der Waals surface area contributed by atoms with Gasteiger partial charge in [0.15, 0.2) is 0 Å². The molecule has 0 radical (unpaired) electrons. The summed E-state index contributed by atoms with van der Waals surface area (Å²) in [6, 6.07) is 20.1. The van der Waals surface area contributed by atoms with Gasteiger partial charge in [-0.25, -0.2) is 15.0 Å². The third kappa shape index (κ3) is 4.01. The molecule has 0 spiro atoms. The van der Waals surface area contributed by atoms with Crippen LogP contribution < -0.4 is 5.32 Å². The van der Waals surface area contributed by atoms with Gasteiger partial charge in [0.05, 0.1) is 22.9 Å². The summed E-state index contributed by atoms with van der Waals surface area (Å²) in [6.45, 7) is 2.57. The Morgan fingerprint density at radius 1 is 0.889 bits per heavy atom. The van der Waals surface area contributed by atoms with Crippen molar-refractivity contribution in [3.63, 3.8) is 0 Å². The lowest BCUT2D eigenvalue weighted by Crippen LogP contribution is -2.32. The first-order valence-electron chi connectivity index (χ1n) is 13.1. The smallest absolute Gasteiger partial charge is 0.227 e. The van der Waals surface area contributed by atoms with Crippen molar-refractivity contribution in [2.75, 3.05) is 18.4 Å². The summed E-state index contributed by atoms with van der Waals surface area (Å²) in [5, 5.41) is 4.51. The van der Waals surface area contributed by atoms with Crippen LogP contribution >= 0.6 is 0 Å². The number of imidazole rings is 1. The van der Waals surface area contributed by atoms with Crippen LogP contribution in [0.5, 0.6) is 0 Å². The van der Waals surface area contributed by atoms with Gasteiger partial charge in [-0.05, 0) is 92.6 Å². The number of rotatable bonds is 4. The van der Waals surface area contributed by atoms with Crippen LogP contribution in [0.4, 0.5) is 11.6 Å². The van der Waals surface area contributed by atoms with Crippen LogP contribution in [0.3, 0.4) is 0 Å². The molecule has 7 rings (SSSR count). The largest absolute Gasteiger partial charge is 0.345 e. The highest BCUT2D eigenvalue weighted by Crippen LogP contribution is 2.31. The molecule has 3 aromatic carbocycles. The lowest BCUT2D eigenvalue weighted by Gasteiger charge is -2.25. The molecule has 1 aliphatic carbocycles. The van der Waals surface area contributed by atoms with Crippen LogP contribution in [-0.2, 0) is 12.8 Å². The Morgan fingerprint density at radius 2 is 1.78 bits per heavy atom. The summed E-state index contributed by atoms with van der Waals surface area (Å²) in [7, 11) is 0. The lowest BCUT2D eigenvalue weighted by molar-refractivity contribution is 0.222. The first-order valence-corrected chi connectivity index (χ1v) is 13.1. The molecule has 3 heterocycles. The zero-order valence-corrected chi connectivity index (χ0v) is 20.4. The number of aryl methyl sites for hydroxylation is 2. The highest BCUT2D eigenvalue weighted by molar-refractivity contribution is 5.95. The van der Waals surface area contributed by atoms with Crippen molar-refractivity contribution in [3.8, 4) is 11.1 Å². The average molecular weight is 475 g/mol. The molecule has 0 bridgehead atoms. The van der Waals surface area contributed by atoms with Crippen LogP contribution in [-0.4, -0.2) is 44.0 Å². The van der Waals surface area contributed by atoms with Crippen molar-refractivity contribution in [1.29, 1.82) is 0 Å². The summed E-state index contributed by atoms with van der Waals surface area (Å²) in [5.41, 5.74) is 9.15. The summed E-state index contributed by atoms with van der Waals surface area (Å²) in [6.07, 6.45) is 11.2. The second kappa shape index (κ2) is 9.03. The van der Waals surface area contributed by atoms with Gasteiger partial charge in [-0.15, -0.1) is 0 Å². The van der Waals surface area contributed by atoms with E-state index in [4.69, 9.17) is 4.98 Å². The molecular formula is C30H30N6. The molecule has 6 nitrogen and oxygen atoms in total. The summed E-state index contributed by atoms with van der Waals surface area (Å²) < 4.78 is 0. The van der Waals surface area contributed by atoms with E-state index in [2.05, 4.69) is 73.7 Å². The van der Waals surface area contributed by atoms with E-state index >= 15 is 0 Å². The molecule has 1 atom stereocenters. The first-order chi connectivity index (χ1) is 17.8. The zero-order valence-electron chi connectivity index (χ0n) is 20.4. The van der Waals surface area contributed by atoms with E-state index in [1.54, 1.807) is 6.33 Å². The monoisotopic (exact) mass is 474 g/mol. The van der Waals surface area contributed by atoms with E-state index in [9.17, 15) is 0 Å². The van der Waals surface area contributed by atoms with Gasteiger partial charge in [0.1, 0.15) is 0 Å². The molecule has 0 unspecified atom stereocenters. The number of nitrogens with one attached hydrogen (secondary N) is 2. The predicted octanol–water partition coefficient (Wildman–Crippen LogP) is 6.26. The predicted molar refractivity (Wildman–Crippen MR) is 146 cm³/mol. The van der Waals surface area contributed by atoms with E-state index in [1.807, 2.05) is 12.3 Å². The maximum atomic E-state index is 4.95. The Labute approximate surface area is 210 Å². The van der Waals surface area contributed by atoms with Crippen molar-refractivity contribution in [2.45, 2.75) is 44.6 Å². The standard InChI is InChI=1S/C30H30N6/c1-2-15-36(14-1)25-11-7-20-6-10-24(16-21(20)8-12-25)34-30-31-18-23-4-3-5-26(29(23)35-30)22-9-13-27-28(17-22)33-19-32-27/h3-6,9-10,13,16-19,25H,1-2,7-8,11-12,14-15H2,(H,32,33)(H,31,34,35)/t25-/m0/s1. The molecule has 2 aromatic heterocycles. The average Bonchev–Trinajstić information content (AvgIpc) is 3.57. The SMILES string of the molecule is c1cc(-c2ccc3nc[nH]c3c2)c2nc(Nc3ccc4c(c3)CC[C@@H](N3CCCC3)CC4)ncc2c1. The Hall–Kier alpha value is -3.77. The van der Waals surface area contributed by atoms with Gasteiger partial charge in [0, 0.05) is 28.9 Å². The van der Waals surface area contributed by atoms with Gasteiger partial charge < -0.3 is 15.2 Å². The van der Waals surface area contributed by atoms with Crippen LogP contribution in [0.2, 0.25) is 0 Å². The molecular weight excluding hydrogens is 444 g/mol. The molecule has 180 valence electrons. The number of para-hydroxylation sites is 1.